The Kier molecular flexibility index (Phi) is 4.81. The van der Waals surface area contributed by atoms with Crippen LogP contribution in [-0.4, -0.2) is 23.3 Å². The van der Waals surface area contributed by atoms with Crippen LogP contribution in [0.5, 0.6) is 0 Å². The van der Waals surface area contributed by atoms with Crippen LogP contribution in [0.2, 0.25) is 0 Å². The first-order valence-electron chi connectivity index (χ1n) is 11.9. The van der Waals surface area contributed by atoms with Crippen molar-refractivity contribution in [1.29, 1.82) is 0 Å². The van der Waals surface area contributed by atoms with Gasteiger partial charge in [-0.1, -0.05) is 32.0 Å². The highest BCUT2D eigenvalue weighted by atomic mass is 16.5. The van der Waals surface area contributed by atoms with Gasteiger partial charge in [0.05, 0.1) is 11.7 Å². The van der Waals surface area contributed by atoms with E-state index >= 15 is 0 Å². The molecule has 4 saturated carbocycles. The number of carbonyl (C=O) groups excluding carboxylic acids is 1. The number of carbonyl (C=O) groups is 1. The van der Waals surface area contributed by atoms with Crippen LogP contribution < -0.4 is 0 Å². The molecule has 0 aromatic heterocycles. The number of hydrogen-bond acceptors (Lipinski definition) is 3. The molecule has 4 fully saturated rings. The second kappa shape index (κ2) is 7.11. The van der Waals surface area contributed by atoms with Crippen molar-refractivity contribution in [2.75, 3.05) is 0 Å². The standard InChI is InChI=1S/C26H36O3/c1-25-14-12-19(27)16-18(25)8-9-20-21-10-11-23(26(21,2)15-13-22(20)25)29-24(28)17-6-4-3-5-7-17/h3-7,18-23,27H,8-16H2,1-2H3/t18-,19+,20-,21+,22-,23-,25-,26-/m0/s1. The first-order chi connectivity index (χ1) is 13.9. The number of hydrogen-bond donors (Lipinski definition) is 1. The van der Waals surface area contributed by atoms with E-state index in [-0.39, 0.29) is 23.6 Å². The molecule has 0 bridgehead atoms. The first-order valence-corrected chi connectivity index (χ1v) is 11.9. The molecule has 4 aliphatic carbocycles. The normalized spacial score (nSPS) is 46.3. The van der Waals surface area contributed by atoms with Gasteiger partial charge in [0.15, 0.2) is 0 Å². The molecular weight excluding hydrogens is 360 g/mol. The fourth-order valence-corrected chi connectivity index (χ4v) is 8.15. The number of esters is 1. The summed E-state index contributed by atoms with van der Waals surface area (Å²) in [7, 11) is 0. The Labute approximate surface area is 175 Å². The van der Waals surface area contributed by atoms with E-state index in [0.717, 1.165) is 31.1 Å². The molecule has 0 saturated heterocycles. The van der Waals surface area contributed by atoms with Crippen LogP contribution in [0.4, 0.5) is 0 Å². The van der Waals surface area contributed by atoms with E-state index in [1.807, 2.05) is 30.3 Å². The van der Waals surface area contributed by atoms with Crippen LogP contribution >= 0.6 is 0 Å². The molecule has 1 aromatic carbocycles. The number of aliphatic hydroxyl groups excluding tert-OH is 1. The topological polar surface area (TPSA) is 46.5 Å². The maximum Gasteiger partial charge on any atom is 0.338 e. The molecule has 158 valence electrons. The Morgan fingerprint density at radius 3 is 2.45 bits per heavy atom. The van der Waals surface area contributed by atoms with Gasteiger partial charge in [-0.05, 0) is 99.0 Å². The van der Waals surface area contributed by atoms with Crippen LogP contribution in [0.3, 0.4) is 0 Å². The highest BCUT2D eigenvalue weighted by Crippen LogP contribution is 2.66. The number of rotatable bonds is 2. The molecule has 0 unspecified atom stereocenters. The summed E-state index contributed by atoms with van der Waals surface area (Å²) in [5.41, 5.74) is 1.20. The van der Waals surface area contributed by atoms with Gasteiger partial charge in [0.25, 0.3) is 0 Å². The molecule has 1 aromatic rings. The van der Waals surface area contributed by atoms with E-state index < -0.39 is 0 Å². The van der Waals surface area contributed by atoms with E-state index in [1.54, 1.807) is 0 Å². The van der Waals surface area contributed by atoms with Crippen molar-refractivity contribution in [3.8, 4) is 0 Å². The molecular formula is C26H36O3. The van der Waals surface area contributed by atoms with Crippen molar-refractivity contribution in [2.45, 2.75) is 83.8 Å². The molecule has 3 heteroatoms. The zero-order valence-electron chi connectivity index (χ0n) is 18.0. The second-order valence-corrected chi connectivity index (χ2v) is 11.0. The molecule has 1 N–H and O–H groups in total. The van der Waals surface area contributed by atoms with E-state index in [2.05, 4.69) is 13.8 Å². The zero-order valence-corrected chi connectivity index (χ0v) is 18.0. The quantitative estimate of drug-likeness (QED) is 0.660. The van der Waals surface area contributed by atoms with Crippen molar-refractivity contribution in [3.63, 3.8) is 0 Å². The summed E-state index contributed by atoms with van der Waals surface area (Å²) in [6.45, 7) is 4.94. The third-order valence-electron chi connectivity index (χ3n) is 9.81. The van der Waals surface area contributed by atoms with Gasteiger partial charge in [-0.3, -0.25) is 0 Å². The molecule has 4 aliphatic rings. The third kappa shape index (κ3) is 3.07. The average molecular weight is 397 g/mol. The summed E-state index contributed by atoms with van der Waals surface area (Å²) >= 11 is 0. The Bertz CT molecular complexity index is 760. The molecule has 8 atom stereocenters. The average Bonchev–Trinajstić information content (AvgIpc) is 3.05. The lowest BCUT2D eigenvalue weighted by Crippen LogP contribution is -2.54. The lowest BCUT2D eigenvalue weighted by atomic mass is 9.45. The Balaban J connectivity index is 1.34. The van der Waals surface area contributed by atoms with Gasteiger partial charge in [-0.25, -0.2) is 4.79 Å². The monoisotopic (exact) mass is 396 g/mol. The summed E-state index contributed by atoms with van der Waals surface area (Å²) < 4.78 is 6.12. The molecule has 29 heavy (non-hydrogen) atoms. The Hall–Kier alpha value is -1.35. The SMILES string of the molecule is C[C@]12CC[C@@H](O)C[C@@H]1CC[C@H]1[C@H]3CC[C@H](OC(=O)c4ccccc4)[C@@]3(C)CC[C@@H]12. The molecule has 0 spiro atoms. The molecule has 3 nitrogen and oxygen atoms in total. The fraction of sp³-hybridized carbons (Fsp3) is 0.731. The van der Waals surface area contributed by atoms with Crippen molar-refractivity contribution in [1.82, 2.24) is 0 Å². The molecule has 0 amide bonds. The van der Waals surface area contributed by atoms with Crippen LogP contribution in [0.25, 0.3) is 0 Å². The van der Waals surface area contributed by atoms with Gasteiger partial charge >= 0.3 is 5.97 Å². The third-order valence-corrected chi connectivity index (χ3v) is 9.81. The minimum absolute atomic E-state index is 0.0554. The van der Waals surface area contributed by atoms with Gasteiger partial charge in [0.2, 0.25) is 0 Å². The summed E-state index contributed by atoms with van der Waals surface area (Å²) in [5, 5.41) is 10.2. The van der Waals surface area contributed by atoms with Gasteiger partial charge < -0.3 is 9.84 Å². The highest BCUT2D eigenvalue weighted by Gasteiger charge is 2.61. The van der Waals surface area contributed by atoms with E-state index in [9.17, 15) is 9.90 Å². The van der Waals surface area contributed by atoms with Gasteiger partial charge in [0, 0.05) is 5.41 Å². The van der Waals surface area contributed by atoms with Crippen LogP contribution in [-0.2, 0) is 4.74 Å². The number of fused-ring (bicyclic) bond motifs is 5. The summed E-state index contributed by atoms with van der Waals surface area (Å²) in [5.74, 6) is 2.78. The van der Waals surface area contributed by atoms with Gasteiger partial charge in [-0.15, -0.1) is 0 Å². The van der Waals surface area contributed by atoms with Crippen LogP contribution in [0.1, 0.15) is 82.0 Å². The Morgan fingerprint density at radius 1 is 0.931 bits per heavy atom. The van der Waals surface area contributed by atoms with Gasteiger partial charge in [-0.2, -0.15) is 0 Å². The number of benzene rings is 1. The molecule has 0 radical (unpaired) electrons. The molecule has 5 rings (SSSR count). The highest BCUT2D eigenvalue weighted by molar-refractivity contribution is 5.89. The van der Waals surface area contributed by atoms with E-state index in [4.69, 9.17) is 4.74 Å². The van der Waals surface area contributed by atoms with E-state index in [1.165, 1.54) is 38.5 Å². The fourth-order valence-electron chi connectivity index (χ4n) is 8.15. The molecule has 0 heterocycles. The zero-order chi connectivity index (χ0) is 20.2. The number of aliphatic hydroxyl groups is 1. The van der Waals surface area contributed by atoms with Crippen molar-refractivity contribution in [3.05, 3.63) is 35.9 Å². The second-order valence-electron chi connectivity index (χ2n) is 11.0. The minimum atomic E-state index is -0.156. The lowest BCUT2D eigenvalue weighted by molar-refractivity contribution is -0.134. The van der Waals surface area contributed by atoms with E-state index in [0.29, 0.717) is 22.8 Å². The smallest absolute Gasteiger partial charge is 0.338 e. The largest absolute Gasteiger partial charge is 0.458 e. The maximum absolute atomic E-state index is 12.7. The van der Waals surface area contributed by atoms with Crippen LogP contribution in [0, 0.1) is 34.5 Å². The predicted molar refractivity (Wildman–Crippen MR) is 113 cm³/mol. The first kappa shape index (κ1) is 19.6. The Morgan fingerprint density at radius 2 is 1.66 bits per heavy atom. The van der Waals surface area contributed by atoms with Crippen molar-refractivity contribution in [2.24, 2.45) is 34.5 Å². The van der Waals surface area contributed by atoms with Crippen LogP contribution in [0.15, 0.2) is 30.3 Å². The predicted octanol–water partition coefficient (Wildman–Crippen LogP) is 5.62. The minimum Gasteiger partial charge on any atom is -0.458 e. The summed E-state index contributed by atoms with van der Waals surface area (Å²) in [6.07, 6.45) is 10.4. The molecule has 0 aliphatic heterocycles. The van der Waals surface area contributed by atoms with Crippen molar-refractivity contribution >= 4 is 5.97 Å². The number of ether oxygens (including phenoxy) is 1. The summed E-state index contributed by atoms with van der Waals surface area (Å²) in [6, 6.07) is 9.45. The van der Waals surface area contributed by atoms with Crippen molar-refractivity contribution < 1.29 is 14.6 Å². The maximum atomic E-state index is 12.7. The van der Waals surface area contributed by atoms with Gasteiger partial charge in [0.1, 0.15) is 6.10 Å². The summed E-state index contributed by atoms with van der Waals surface area (Å²) in [4.78, 5) is 12.7. The lowest BCUT2D eigenvalue weighted by Gasteiger charge is -2.60.